The third kappa shape index (κ3) is 2.48. The van der Waals surface area contributed by atoms with E-state index >= 15 is 0 Å². The van der Waals surface area contributed by atoms with Crippen LogP contribution in [0.15, 0.2) is 12.3 Å². The average Bonchev–Trinajstić information content (AvgIpc) is 3.08. The molecule has 17 heavy (non-hydrogen) atoms. The highest BCUT2D eigenvalue weighted by Crippen LogP contribution is 2.33. The van der Waals surface area contributed by atoms with Gasteiger partial charge in [-0.05, 0) is 38.7 Å². The third-order valence-corrected chi connectivity index (χ3v) is 3.55. The first kappa shape index (κ1) is 11.1. The number of nitrogens with zero attached hydrogens (tertiary/aromatic N) is 2. The largest absolute Gasteiger partial charge is 0.367 e. The Bertz CT molecular complexity index is 397. The molecule has 2 heterocycles. The van der Waals surface area contributed by atoms with Crippen molar-refractivity contribution in [3.8, 4) is 0 Å². The van der Waals surface area contributed by atoms with E-state index in [4.69, 9.17) is 4.74 Å². The maximum absolute atomic E-state index is 5.77. The smallest absolute Gasteiger partial charge is 0.160 e. The lowest BCUT2D eigenvalue weighted by Gasteiger charge is -2.21. The lowest BCUT2D eigenvalue weighted by atomic mass is 10.0. The van der Waals surface area contributed by atoms with Crippen LogP contribution in [0, 0.1) is 0 Å². The van der Waals surface area contributed by atoms with Gasteiger partial charge in [-0.25, -0.2) is 9.97 Å². The SMILES string of the molecule is CC1(c2nccc(CNC3CC3)n2)CCCO1. The predicted octanol–water partition coefficient (Wildman–Crippen LogP) is 1.75. The summed E-state index contributed by atoms with van der Waals surface area (Å²) in [6.07, 6.45) is 6.58. The van der Waals surface area contributed by atoms with E-state index in [1.165, 1.54) is 12.8 Å². The molecule has 1 aliphatic heterocycles. The molecule has 1 aromatic heterocycles. The Kier molecular flexibility index (Phi) is 2.84. The second-order valence-electron chi connectivity index (χ2n) is 5.21. The molecule has 0 aromatic carbocycles. The van der Waals surface area contributed by atoms with Crippen molar-refractivity contribution >= 4 is 0 Å². The monoisotopic (exact) mass is 233 g/mol. The van der Waals surface area contributed by atoms with Crippen LogP contribution in [0.2, 0.25) is 0 Å². The van der Waals surface area contributed by atoms with Crippen molar-refractivity contribution < 1.29 is 4.74 Å². The molecule has 0 radical (unpaired) electrons. The summed E-state index contributed by atoms with van der Waals surface area (Å²) in [5.74, 6) is 0.838. The van der Waals surface area contributed by atoms with Gasteiger partial charge in [0.2, 0.25) is 0 Å². The zero-order valence-electron chi connectivity index (χ0n) is 10.3. The fraction of sp³-hybridized carbons (Fsp3) is 0.692. The van der Waals surface area contributed by atoms with Crippen LogP contribution in [0.1, 0.15) is 44.1 Å². The van der Waals surface area contributed by atoms with Gasteiger partial charge in [-0.3, -0.25) is 0 Å². The summed E-state index contributed by atoms with van der Waals surface area (Å²) >= 11 is 0. The van der Waals surface area contributed by atoms with Crippen LogP contribution in [-0.2, 0) is 16.9 Å². The van der Waals surface area contributed by atoms with Crippen LogP contribution < -0.4 is 5.32 Å². The summed E-state index contributed by atoms with van der Waals surface area (Å²) in [5, 5.41) is 3.47. The van der Waals surface area contributed by atoms with Crippen molar-refractivity contribution in [2.45, 2.75) is 50.8 Å². The minimum Gasteiger partial charge on any atom is -0.367 e. The van der Waals surface area contributed by atoms with Gasteiger partial charge in [-0.15, -0.1) is 0 Å². The molecular weight excluding hydrogens is 214 g/mol. The number of rotatable bonds is 4. The quantitative estimate of drug-likeness (QED) is 0.860. The fourth-order valence-corrected chi connectivity index (χ4v) is 2.24. The fourth-order valence-electron chi connectivity index (χ4n) is 2.24. The van der Waals surface area contributed by atoms with Gasteiger partial charge < -0.3 is 10.1 Å². The second kappa shape index (κ2) is 4.35. The highest BCUT2D eigenvalue weighted by Gasteiger charge is 2.34. The topological polar surface area (TPSA) is 47.0 Å². The predicted molar refractivity (Wildman–Crippen MR) is 64.4 cm³/mol. The first-order valence-corrected chi connectivity index (χ1v) is 6.46. The Hall–Kier alpha value is -1.00. The first-order valence-electron chi connectivity index (χ1n) is 6.46. The molecule has 0 spiro atoms. The van der Waals surface area contributed by atoms with Crippen LogP contribution >= 0.6 is 0 Å². The molecule has 3 rings (SSSR count). The van der Waals surface area contributed by atoms with Crippen LogP contribution in [0.3, 0.4) is 0 Å². The zero-order valence-corrected chi connectivity index (χ0v) is 10.3. The van der Waals surface area contributed by atoms with Crippen LogP contribution in [0.5, 0.6) is 0 Å². The van der Waals surface area contributed by atoms with Crippen LogP contribution in [0.25, 0.3) is 0 Å². The standard InChI is InChI=1S/C13H19N3O/c1-13(6-2-8-17-13)12-14-7-5-11(16-12)9-15-10-3-4-10/h5,7,10,15H,2-4,6,8-9H2,1H3. The summed E-state index contributed by atoms with van der Waals surface area (Å²) in [5.41, 5.74) is 0.800. The molecule has 1 N–H and O–H groups in total. The number of hydrogen-bond acceptors (Lipinski definition) is 4. The summed E-state index contributed by atoms with van der Waals surface area (Å²) in [6, 6.07) is 2.70. The van der Waals surface area contributed by atoms with E-state index < -0.39 is 0 Å². The van der Waals surface area contributed by atoms with Crippen LogP contribution in [0.4, 0.5) is 0 Å². The van der Waals surface area contributed by atoms with Crippen molar-refractivity contribution in [1.29, 1.82) is 0 Å². The Morgan fingerprint density at radius 3 is 3.12 bits per heavy atom. The minimum absolute atomic E-state index is 0.268. The first-order chi connectivity index (χ1) is 8.26. The summed E-state index contributed by atoms with van der Waals surface area (Å²) < 4.78 is 5.77. The molecule has 0 bridgehead atoms. The van der Waals surface area contributed by atoms with Gasteiger partial charge in [0.15, 0.2) is 5.82 Å². The van der Waals surface area contributed by atoms with Crippen molar-refractivity contribution in [2.24, 2.45) is 0 Å². The zero-order chi connectivity index (χ0) is 11.7. The van der Waals surface area contributed by atoms with E-state index in [0.717, 1.165) is 37.5 Å². The van der Waals surface area contributed by atoms with Crippen molar-refractivity contribution in [2.75, 3.05) is 6.61 Å². The lowest BCUT2D eigenvalue weighted by molar-refractivity contribution is 0.00913. The van der Waals surface area contributed by atoms with Gasteiger partial charge in [0, 0.05) is 25.4 Å². The Labute approximate surface area is 102 Å². The number of ether oxygens (including phenoxy) is 1. The molecule has 4 heteroatoms. The maximum atomic E-state index is 5.77. The van der Waals surface area contributed by atoms with Crippen molar-refractivity contribution in [3.63, 3.8) is 0 Å². The molecule has 2 fully saturated rings. The highest BCUT2D eigenvalue weighted by atomic mass is 16.5. The minimum atomic E-state index is -0.268. The van der Waals surface area contributed by atoms with E-state index in [1.807, 2.05) is 12.3 Å². The number of hydrogen-bond donors (Lipinski definition) is 1. The number of nitrogens with one attached hydrogen (secondary N) is 1. The van der Waals surface area contributed by atoms with Crippen molar-refractivity contribution in [3.05, 3.63) is 23.8 Å². The summed E-state index contributed by atoms with van der Waals surface area (Å²) in [4.78, 5) is 9.00. The Morgan fingerprint density at radius 1 is 1.53 bits per heavy atom. The molecule has 4 nitrogen and oxygen atoms in total. The van der Waals surface area contributed by atoms with E-state index in [2.05, 4.69) is 22.2 Å². The van der Waals surface area contributed by atoms with Gasteiger partial charge >= 0.3 is 0 Å². The van der Waals surface area contributed by atoms with Crippen molar-refractivity contribution in [1.82, 2.24) is 15.3 Å². The Morgan fingerprint density at radius 2 is 2.41 bits per heavy atom. The molecule has 2 aliphatic rings. The average molecular weight is 233 g/mol. The second-order valence-corrected chi connectivity index (χ2v) is 5.21. The molecule has 92 valence electrons. The maximum Gasteiger partial charge on any atom is 0.160 e. The van der Waals surface area contributed by atoms with E-state index in [0.29, 0.717) is 6.04 Å². The third-order valence-electron chi connectivity index (χ3n) is 3.55. The normalized spacial score (nSPS) is 28.5. The molecule has 1 atom stereocenters. The lowest BCUT2D eigenvalue weighted by Crippen LogP contribution is -2.25. The molecule has 1 unspecified atom stereocenters. The molecule has 1 aromatic rings. The van der Waals surface area contributed by atoms with Gasteiger partial charge in [0.1, 0.15) is 5.60 Å². The summed E-state index contributed by atoms with van der Waals surface area (Å²) in [6.45, 7) is 3.76. The van der Waals surface area contributed by atoms with Gasteiger partial charge in [-0.2, -0.15) is 0 Å². The Balaban J connectivity index is 1.73. The summed E-state index contributed by atoms with van der Waals surface area (Å²) in [7, 11) is 0. The van der Waals surface area contributed by atoms with Gasteiger partial charge in [0.05, 0.1) is 5.69 Å². The van der Waals surface area contributed by atoms with E-state index in [9.17, 15) is 0 Å². The van der Waals surface area contributed by atoms with E-state index in [-0.39, 0.29) is 5.60 Å². The number of aromatic nitrogens is 2. The van der Waals surface area contributed by atoms with Gasteiger partial charge in [-0.1, -0.05) is 0 Å². The molecule has 1 aliphatic carbocycles. The molecule has 1 saturated carbocycles. The molecule has 1 saturated heterocycles. The molecule has 0 amide bonds. The van der Waals surface area contributed by atoms with Gasteiger partial charge in [0.25, 0.3) is 0 Å². The van der Waals surface area contributed by atoms with Crippen LogP contribution in [-0.4, -0.2) is 22.6 Å². The molecular formula is C13H19N3O. The highest BCUT2D eigenvalue weighted by molar-refractivity contribution is 5.09. The van der Waals surface area contributed by atoms with E-state index in [1.54, 1.807) is 0 Å².